The van der Waals surface area contributed by atoms with Crippen LogP contribution >= 0.6 is 0 Å². The monoisotopic (exact) mass is 181 g/mol. The molecule has 2 nitrogen and oxygen atoms in total. The Balaban J connectivity index is 1.77. The molecule has 0 saturated carbocycles. The van der Waals surface area contributed by atoms with E-state index in [1.165, 1.54) is 51.9 Å². The Kier molecular flexibility index (Phi) is 3.23. The van der Waals surface area contributed by atoms with Crippen LogP contribution in [0.1, 0.15) is 25.7 Å². The Labute approximate surface area is 81.9 Å². The van der Waals surface area contributed by atoms with Crippen molar-refractivity contribution in [3.63, 3.8) is 0 Å². The topological polar surface area (TPSA) is 6.48 Å². The van der Waals surface area contributed by atoms with Crippen LogP contribution in [0.15, 0.2) is 0 Å². The average molecular weight is 181 g/mol. The zero-order chi connectivity index (χ0) is 9.10. The van der Waals surface area contributed by atoms with Crippen LogP contribution in [0, 0.1) is 6.92 Å². The van der Waals surface area contributed by atoms with Gasteiger partial charge in [-0.3, -0.25) is 0 Å². The molecule has 2 aliphatic rings. The van der Waals surface area contributed by atoms with Gasteiger partial charge in [0.15, 0.2) is 0 Å². The molecular formula is C11H21N2. The molecule has 0 bridgehead atoms. The van der Waals surface area contributed by atoms with E-state index in [1.54, 1.807) is 0 Å². The van der Waals surface area contributed by atoms with Crippen LogP contribution in [-0.2, 0) is 0 Å². The maximum Gasteiger partial charge on any atom is 0.0120 e. The zero-order valence-electron chi connectivity index (χ0n) is 8.54. The first-order valence-corrected chi connectivity index (χ1v) is 5.66. The van der Waals surface area contributed by atoms with Crippen LogP contribution in [0.2, 0.25) is 0 Å². The molecule has 0 aromatic carbocycles. The fourth-order valence-electron chi connectivity index (χ4n) is 2.61. The summed E-state index contributed by atoms with van der Waals surface area (Å²) in [5.74, 6) is 0. The van der Waals surface area contributed by atoms with Crippen molar-refractivity contribution in [1.29, 1.82) is 0 Å². The lowest BCUT2D eigenvalue weighted by Crippen LogP contribution is -2.43. The van der Waals surface area contributed by atoms with Gasteiger partial charge in [-0.2, -0.15) is 0 Å². The molecule has 0 aliphatic carbocycles. The number of piperidine rings is 1. The second-order valence-corrected chi connectivity index (χ2v) is 4.32. The van der Waals surface area contributed by atoms with Crippen molar-refractivity contribution in [3.05, 3.63) is 6.92 Å². The molecule has 0 spiro atoms. The molecule has 0 N–H and O–H groups in total. The molecule has 2 rings (SSSR count). The summed E-state index contributed by atoms with van der Waals surface area (Å²) in [7, 11) is 0. The summed E-state index contributed by atoms with van der Waals surface area (Å²) in [4.78, 5) is 5.16. The van der Waals surface area contributed by atoms with Crippen molar-refractivity contribution >= 4 is 0 Å². The minimum Gasteiger partial charge on any atom is -0.303 e. The van der Waals surface area contributed by atoms with Crippen molar-refractivity contribution in [2.45, 2.75) is 31.7 Å². The Morgan fingerprint density at radius 3 is 2.15 bits per heavy atom. The van der Waals surface area contributed by atoms with E-state index >= 15 is 0 Å². The summed E-state index contributed by atoms with van der Waals surface area (Å²) < 4.78 is 0. The Hall–Kier alpha value is -0.0800. The van der Waals surface area contributed by atoms with Gasteiger partial charge in [0.2, 0.25) is 0 Å². The number of rotatable bonds is 2. The highest BCUT2D eigenvalue weighted by Gasteiger charge is 2.25. The molecule has 13 heavy (non-hydrogen) atoms. The van der Waals surface area contributed by atoms with Gasteiger partial charge in [0.05, 0.1) is 0 Å². The van der Waals surface area contributed by atoms with Crippen LogP contribution < -0.4 is 0 Å². The van der Waals surface area contributed by atoms with Gasteiger partial charge in [0.1, 0.15) is 0 Å². The Morgan fingerprint density at radius 1 is 1.00 bits per heavy atom. The predicted molar refractivity (Wildman–Crippen MR) is 55.6 cm³/mol. The van der Waals surface area contributed by atoms with Crippen LogP contribution in [0.3, 0.4) is 0 Å². The molecule has 0 unspecified atom stereocenters. The third-order valence-corrected chi connectivity index (χ3v) is 3.53. The normalized spacial score (nSPS) is 28.4. The van der Waals surface area contributed by atoms with E-state index in [4.69, 9.17) is 0 Å². The minimum absolute atomic E-state index is 0.894. The highest BCUT2D eigenvalue weighted by Crippen LogP contribution is 2.20. The molecule has 2 aliphatic heterocycles. The molecule has 0 aromatic rings. The van der Waals surface area contributed by atoms with Gasteiger partial charge >= 0.3 is 0 Å². The number of hydrogen-bond acceptors (Lipinski definition) is 2. The van der Waals surface area contributed by atoms with E-state index in [2.05, 4.69) is 16.7 Å². The first kappa shape index (κ1) is 9.47. The van der Waals surface area contributed by atoms with Gasteiger partial charge in [0.25, 0.3) is 0 Å². The molecule has 1 radical (unpaired) electrons. The maximum atomic E-state index is 3.94. The van der Waals surface area contributed by atoms with Crippen LogP contribution in [0.5, 0.6) is 0 Å². The summed E-state index contributed by atoms with van der Waals surface area (Å²) in [6.07, 6.45) is 5.59. The van der Waals surface area contributed by atoms with Gasteiger partial charge < -0.3 is 9.80 Å². The molecule has 2 saturated heterocycles. The Morgan fingerprint density at radius 2 is 1.62 bits per heavy atom. The lowest BCUT2D eigenvalue weighted by Gasteiger charge is -2.36. The van der Waals surface area contributed by atoms with Gasteiger partial charge in [-0.1, -0.05) is 0 Å². The third-order valence-electron chi connectivity index (χ3n) is 3.53. The van der Waals surface area contributed by atoms with Crippen LogP contribution in [0.4, 0.5) is 0 Å². The highest BCUT2D eigenvalue weighted by atomic mass is 15.2. The van der Waals surface area contributed by atoms with E-state index in [0.29, 0.717) is 0 Å². The summed E-state index contributed by atoms with van der Waals surface area (Å²) in [5, 5.41) is 0. The van der Waals surface area contributed by atoms with E-state index in [1.807, 2.05) is 0 Å². The second-order valence-electron chi connectivity index (χ2n) is 4.32. The van der Waals surface area contributed by atoms with Gasteiger partial charge in [0, 0.05) is 6.04 Å². The molecule has 75 valence electrons. The van der Waals surface area contributed by atoms with Crippen LogP contribution in [0.25, 0.3) is 0 Å². The third kappa shape index (κ3) is 2.23. The SMILES string of the molecule is [CH2]CN1CCC(N2CCCC2)CC1. The van der Waals surface area contributed by atoms with Gasteiger partial charge in [-0.25, -0.2) is 0 Å². The zero-order valence-corrected chi connectivity index (χ0v) is 8.54. The first-order chi connectivity index (χ1) is 6.40. The van der Waals surface area contributed by atoms with Crippen molar-refractivity contribution in [1.82, 2.24) is 9.80 Å². The van der Waals surface area contributed by atoms with Crippen molar-refractivity contribution in [3.8, 4) is 0 Å². The minimum atomic E-state index is 0.894. The first-order valence-electron chi connectivity index (χ1n) is 5.66. The average Bonchev–Trinajstić information content (AvgIpc) is 2.71. The van der Waals surface area contributed by atoms with E-state index in [-0.39, 0.29) is 0 Å². The molecule has 2 heteroatoms. The molecule has 2 fully saturated rings. The van der Waals surface area contributed by atoms with E-state index in [9.17, 15) is 0 Å². The molecule has 0 aromatic heterocycles. The summed E-state index contributed by atoms with van der Waals surface area (Å²) >= 11 is 0. The van der Waals surface area contributed by atoms with Gasteiger partial charge in [-0.05, 0) is 65.3 Å². The van der Waals surface area contributed by atoms with Crippen molar-refractivity contribution in [2.75, 3.05) is 32.7 Å². The molecule has 0 atom stereocenters. The standard InChI is InChI=1S/C11H21N2/c1-2-12-9-5-11(6-10-12)13-7-3-4-8-13/h11H,1-10H2. The van der Waals surface area contributed by atoms with E-state index < -0.39 is 0 Å². The lowest BCUT2D eigenvalue weighted by atomic mass is 10.0. The Bertz CT molecular complexity index is 144. The highest BCUT2D eigenvalue weighted by molar-refractivity contribution is 4.82. The van der Waals surface area contributed by atoms with E-state index in [0.717, 1.165) is 12.6 Å². The largest absolute Gasteiger partial charge is 0.303 e. The van der Waals surface area contributed by atoms with Crippen LogP contribution in [-0.4, -0.2) is 48.6 Å². The van der Waals surface area contributed by atoms with Gasteiger partial charge in [-0.15, -0.1) is 0 Å². The quantitative estimate of drug-likeness (QED) is 0.635. The predicted octanol–water partition coefficient (Wildman–Crippen LogP) is 1.38. The molecule has 2 heterocycles. The molecule has 0 amide bonds. The number of likely N-dealkylation sites (tertiary alicyclic amines) is 2. The summed E-state index contributed by atoms with van der Waals surface area (Å²) in [5.41, 5.74) is 0. The fraction of sp³-hybridized carbons (Fsp3) is 0.909. The smallest absolute Gasteiger partial charge is 0.0120 e. The number of hydrogen-bond donors (Lipinski definition) is 0. The van der Waals surface area contributed by atoms with Crippen molar-refractivity contribution < 1.29 is 0 Å². The second kappa shape index (κ2) is 4.43. The fourth-order valence-corrected chi connectivity index (χ4v) is 2.61. The summed E-state index contributed by atoms with van der Waals surface area (Å²) in [6.45, 7) is 10.2. The lowest BCUT2D eigenvalue weighted by molar-refractivity contribution is 0.134. The number of nitrogens with zero attached hydrogens (tertiary/aromatic N) is 2. The maximum absolute atomic E-state index is 3.94. The van der Waals surface area contributed by atoms with Crippen molar-refractivity contribution in [2.24, 2.45) is 0 Å². The summed E-state index contributed by atoms with van der Waals surface area (Å²) in [6, 6.07) is 0.894. The molecular weight excluding hydrogens is 160 g/mol.